The zero-order valence-corrected chi connectivity index (χ0v) is 18.6. The largest absolute Gasteiger partial charge is 0.361 e. The molecule has 1 aliphatic rings. The average Bonchev–Trinajstić information content (AvgIpc) is 3.37. The first-order chi connectivity index (χ1) is 15.3. The van der Waals surface area contributed by atoms with Crippen LogP contribution in [0.5, 0.6) is 0 Å². The summed E-state index contributed by atoms with van der Waals surface area (Å²) in [5.41, 5.74) is 5.89. The van der Waals surface area contributed by atoms with Crippen molar-refractivity contribution >= 4 is 40.2 Å². The van der Waals surface area contributed by atoms with Gasteiger partial charge >= 0.3 is 0 Å². The SMILES string of the molecule is CCCCc1ccc(N=Nc2ccc(N=Nc3ccc(N4CCSC4)cc3)cc2)cc1. The van der Waals surface area contributed by atoms with E-state index in [-0.39, 0.29) is 0 Å². The van der Waals surface area contributed by atoms with Crippen molar-refractivity contribution in [3.05, 3.63) is 78.4 Å². The lowest BCUT2D eigenvalue weighted by molar-refractivity contribution is 0.795. The van der Waals surface area contributed by atoms with Crippen LogP contribution >= 0.6 is 11.8 Å². The summed E-state index contributed by atoms with van der Waals surface area (Å²) < 4.78 is 0. The normalized spacial score (nSPS) is 14.2. The van der Waals surface area contributed by atoms with E-state index < -0.39 is 0 Å². The summed E-state index contributed by atoms with van der Waals surface area (Å²) in [7, 11) is 0. The van der Waals surface area contributed by atoms with Gasteiger partial charge in [-0.15, -0.1) is 11.8 Å². The standard InChI is InChI=1S/C25H27N5S/c1-2-3-4-20-5-7-21(8-6-20)26-27-22-9-11-23(12-10-22)28-29-24-13-15-25(16-14-24)30-17-18-31-19-30/h5-16H,2-4,17-19H2,1H3. The van der Waals surface area contributed by atoms with Gasteiger partial charge in [-0.3, -0.25) is 0 Å². The molecule has 5 nitrogen and oxygen atoms in total. The fraction of sp³-hybridized carbons (Fsp3) is 0.280. The first kappa shape index (κ1) is 21.2. The van der Waals surface area contributed by atoms with Crippen LogP contribution in [0.1, 0.15) is 25.3 Å². The number of hydrogen-bond acceptors (Lipinski definition) is 6. The van der Waals surface area contributed by atoms with Crippen molar-refractivity contribution in [2.24, 2.45) is 20.5 Å². The molecule has 1 heterocycles. The van der Waals surface area contributed by atoms with Gasteiger partial charge in [0.25, 0.3) is 0 Å². The van der Waals surface area contributed by atoms with Crippen molar-refractivity contribution in [3.8, 4) is 0 Å². The van der Waals surface area contributed by atoms with E-state index in [0.717, 1.165) is 41.6 Å². The molecule has 0 aliphatic carbocycles. The monoisotopic (exact) mass is 429 g/mol. The maximum atomic E-state index is 4.34. The molecular formula is C25H27N5S. The number of aryl methyl sites for hydroxylation is 1. The molecule has 6 heteroatoms. The van der Waals surface area contributed by atoms with Gasteiger partial charge in [0, 0.05) is 18.0 Å². The zero-order valence-electron chi connectivity index (χ0n) is 17.8. The van der Waals surface area contributed by atoms with E-state index in [1.54, 1.807) is 0 Å². The fourth-order valence-electron chi connectivity index (χ4n) is 3.27. The number of rotatable bonds is 8. The minimum absolute atomic E-state index is 0.791. The zero-order chi connectivity index (χ0) is 21.3. The number of unbranched alkanes of at least 4 members (excludes halogenated alkanes) is 1. The van der Waals surface area contributed by atoms with E-state index in [4.69, 9.17) is 0 Å². The van der Waals surface area contributed by atoms with Gasteiger partial charge < -0.3 is 4.90 Å². The van der Waals surface area contributed by atoms with Crippen molar-refractivity contribution in [2.75, 3.05) is 23.1 Å². The van der Waals surface area contributed by atoms with Crippen LogP contribution in [0.3, 0.4) is 0 Å². The Balaban J connectivity index is 1.33. The first-order valence-electron chi connectivity index (χ1n) is 10.8. The molecular weight excluding hydrogens is 402 g/mol. The second-order valence-corrected chi connectivity index (χ2v) is 8.58. The van der Waals surface area contributed by atoms with Crippen molar-refractivity contribution < 1.29 is 0 Å². The number of anilines is 1. The van der Waals surface area contributed by atoms with Crippen LogP contribution in [0.25, 0.3) is 0 Å². The van der Waals surface area contributed by atoms with Crippen LogP contribution in [0.2, 0.25) is 0 Å². The highest BCUT2D eigenvalue weighted by atomic mass is 32.2. The van der Waals surface area contributed by atoms with Crippen LogP contribution < -0.4 is 4.90 Å². The van der Waals surface area contributed by atoms with E-state index in [2.05, 4.69) is 56.5 Å². The van der Waals surface area contributed by atoms with E-state index in [9.17, 15) is 0 Å². The molecule has 0 radical (unpaired) electrons. The molecule has 0 N–H and O–H groups in total. The highest BCUT2D eigenvalue weighted by Crippen LogP contribution is 2.27. The second-order valence-electron chi connectivity index (χ2n) is 7.50. The quantitative estimate of drug-likeness (QED) is 0.338. The molecule has 1 saturated heterocycles. The van der Waals surface area contributed by atoms with E-state index in [1.807, 2.05) is 60.3 Å². The van der Waals surface area contributed by atoms with Crippen LogP contribution in [-0.2, 0) is 6.42 Å². The number of hydrogen-bond donors (Lipinski definition) is 0. The van der Waals surface area contributed by atoms with Crippen molar-refractivity contribution in [2.45, 2.75) is 26.2 Å². The minimum atomic E-state index is 0.791. The van der Waals surface area contributed by atoms with Gasteiger partial charge in [0.15, 0.2) is 0 Å². The Hall–Kier alpha value is -2.99. The Morgan fingerprint density at radius 3 is 1.65 bits per heavy atom. The van der Waals surface area contributed by atoms with E-state index in [0.29, 0.717) is 0 Å². The van der Waals surface area contributed by atoms with Gasteiger partial charge in [0.05, 0.1) is 28.6 Å². The summed E-state index contributed by atoms with van der Waals surface area (Å²) in [5.74, 6) is 2.26. The van der Waals surface area contributed by atoms with E-state index >= 15 is 0 Å². The minimum Gasteiger partial charge on any atom is -0.361 e. The lowest BCUT2D eigenvalue weighted by Gasteiger charge is -2.16. The fourth-order valence-corrected chi connectivity index (χ4v) is 4.25. The summed E-state index contributed by atoms with van der Waals surface area (Å²) in [6.07, 6.45) is 3.54. The van der Waals surface area contributed by atoms with Gasteiger partial charge in [-0.05, 0) is 79.1 Å². The van der Waals surface area contributed by atoms with Crippen molar-refractivity contribution in [1.29, 1.82) is 0 Å². The Labute approximate surface area is 188 Å². The molecule has 158 valence electrons. The molecule has 0 saturated carbocycles. The van der Waals surface area contributed by atoms with Crippen LogP contribution in [0, 0.1) is 0 Å². The summed E-state index contributed by atoms with van der Waals surface area (Å²) in [6.45, 7) is 3.32. The van der Waals surface area contributed by atoms with Gasteiger partial charge in [0.1, 0.15) is 0 Å². The Morgan fingerprint density at radius 2 is 1.19 bits per heavy atom. The van der Waals surface area contributed by atoms with Crippen LogP contribution in [0.15, 0.2) is 93.3 Å². The smallest absolute Gasteiger partial charge is 0.0858 e. The molecule has 3 aromatic rings. The molecule has 4 rings (SSSR count). The molecule has 3 aromatic carbocycles. The number of benzene rings is 3. The van der Waals surface area contributed by atoms with Gasteiger partial charge in [-0.25, -0.2) is 0 Å². The predicted molar refractivity (Wildman–Crippen MR) is 131 cm³/mol. The predicted octanol–water partition coefficient (Wildman–Crippen LogP) is 8.37. The average molecular weight is 430 g/mol. The third-order valence-corrected chi connectivity index (χ3v) is 6.10. The number of nitrogens with zero attached hydrogens (tertiary/aromatic N) is 5. The van der Waals surface area contributed by atoms with Crippen molar-refractivity contribution in [1.82, 2.24) is 0 Å². The third kappa shape index (κ3) is 6.25. The molecule has 0 bridgehead atoms. The molecule has 31 heavy (non-hydrogen) atoms. The topological polar surface area (TPSA) is 52.7 Å². The van der Waals surface area contributed by atoms with Crippen LogP contribution in [0.4, 0.5) is 28.4 Å². The second kappa shape index (κ2) is 10.9. The molecule has 1 aliphatic heterocycles. The number of azo groups is 2. The maximum absolute atomic E-state index is 4.34. The lowest BCUT2D eigenvalue weighted by Crippen LogP contribution is -2.17. The van der Waals surface area contributed by atoms with Gasteiger partial charge in [0.2, 0.25) is 0 Å². The molecule has 0 amide bonds. The Kier molecular flexibility index (Phi) is 7.45. The highest BCUT2D eigenvalue weighted by molar-refractivity contribution is 7.99. The molecule has 0 unspecified atom stereocenters. The summed E-state index contributed by atoms with van der Waals surface area (Å²) in [6, 6.07) is 24.2. The lowest BCUT2D eigenvalue weighted by atomic mass is 10.1. The Morgan fingerprint density at radius 1 is 0.710 bits per heavy atom. The van der Waals surface area contributed by atoms with Crippen LogP contribution in [-0.4, -0.2) is 18.2 Å². The first-order valence-corrected chi connectivity index (χ1v) is 11.9. The molecule has 1 fully saturated rings. The van der Waals surface area contributed by atoms with Gasteiger partial charge in [-0.2, -0.15) is 20.5 Å². The summed E-state index contributed by atoms with van der Waals surface area (Å²) >= 11 is 1.96. The van der Waals surface area contributed by atoms with Gasteiger partial charge in [-0.1, -0.05) is 25.5 Å². The summed E-state index contributed by atoms with van der Waals surface area (Å²) in [5, 5.41) is 17.3. The number of thioether (sulfide) groups is 1. The molecule has 0 atom stereocenters. The molecule has 0 aromatic heterocycles. The highest BCUT2D eigenvalue weighted by Gasteiger charge is 2.11. The maximum Gasteiger partial charge on any atom is 0.0858 e. The third-order valence-electron chi connectivity index (χ3n) is 5.13. The molecule has 0 spiro atoms. The summed E-state index contributed by atoms with van der Waals surface area (Å²) in [4.78, 5) is 2.37. The van der Waals surface area contributed by atoms with Crippen molar-refractivity contribution in [3.63, 3.8) is 0 Å². The van der Waals surface area contributed by atoms with E-state index in [1.165, 1.54) is 29.8 Å². The Bertz CT molecular complexity index is 1010.